The normalized spacial score (nSPS) is 11.7. The Labute approximate surface area is 163 Å². The summed E-state index contributed by atoms with van der Waals surface area (Å²) in [5.74, 6) is 2.87. The van der Waals surface area contributed by atoms with Crippen LogP contribution in [0.2, 0.25) is 0 Å². The van der Waals surface area contributed by atoms with Crippen LogP contribution in [0.5, 0.6) is 0 Å². The second kappa shape index (κ2) is 9.59. The van der Waals surface area contributed by atoms with Crippen molar-refractivity contribution in [2.24, 2.45) is 4.99 Å². The topological polar surface area (TPSA) is 49.3 Å². The number of thiazole rings is 1. The van der Waals surface area contributed by atoms with Gasteiger partial charge in [-0.15, -0.1) is 11.3 Å². The first-order valence-electron chi connectivity index (χ1n) is 8.66. The van der Waals surface area contributed by atoms with E-state index in [1.54, 1.807) is 18.4 Å². The lowest BCUT2D eigenvalue weighted by Crippen LogP contribution is -2.37. The molecule has 136 valence electrons. The van der Waals surface area contributed by atoms with E-state index < -0.39 is 0 Å². The van der Waals surface area contributed by atoms with Gasteiger partial charge >= 0.3 is 0 Å². The largest absolute Gasteiger partial charge is 0.356 e. The van der Waals surface area contributed by atoms with Crippen LogP contribution < -0.4 is 10.6 Å². The highest BCUT2D eigenvalue weighted by Gasteiger charge is 2.03. The van der Waals surface area contributed by atoms with Gasteiger partial charge in [0.2, 0.25) is 0 Å². The lowest BCUT2D eigenvalue weighted by atomic mass is 10.1. The van der Waals surface area contributed by atoms with Crippen molar-refractivity contribution >= 4 is 39.8 Å². The predicted molar refractivity (Wildman–Crippen MR) is 115 cm³/mol. The molecule has 0 unspecified atom stereocenters. The van der Waals surface area contributed by atoms with E-state index in [9.17, 15) is 0 Å². The van der Waals surface area contributed by atoms with E-state index in [0.29, 0.717) is 6.54 Å². The Bertz CT molecular complexity index is 868. The Morgan fingerprint density at radius 3 is 2.81 bits per heavy atom. The molecule has 3 aromatic rings. The molecule has 0 amide bonds. The molecule has 0 radical (unpaired) electrons. The van der Waals surface area contributed by atoms with Crippen molar-refractivity contribution in [1.29, 1.82) is 0 Å². The van der Waals surface area contributed by atoms with Gasteiger partial charge in [0.15, 0.2) is 5.96 Å². The maximum atomic E-state index is 4.36. The Morgan fingerprint density at radius 1 is 1.15 bits per heavy atom. The summed E-state index contributed by atoms with van der Waals surface area (Å²) in [5.41, 5.74) is 1.40. The molecule has 2 aromatic carbocycles. The van der Waals surface area contributed by atoms with Crippen LogP contribution in [0.15, 0.2) is 53.7 Å². The number of nitrogens with zero attached hydrogens (tertiary/aromatic N) is 2. The Morgan fingerprint density at radius 2 is 2.00 bits per heavy atom. The number of aryl methyl sites for hydroxylation is 1. The molecule has 0 fully saturated rings. The number of hydrogen-bond acceptors (Lipinski definition) is 4. The maximum absolute atomic E-state index is 4.36. The fraction of sp³-hybridized carbons (Fsp3) is 0.300. The molecule has 0 aliphatic heterocycles. The molecule has 0 spiro atoms. The highest BCUT2D eigenvalue weighted by Crippen LogP contribution is 2.22. The van der Waals surface area contributed by atoms with Gasteiger partial charge in [-0.2, -0.15) is 11.8 Å². The van der Waals surface area contributed by atoms with E-state index >= 15 is 0 Å². The summed E-state index contributed by atoms with van der Waals surface area (Å²) in [7, 11) is 1.80. The molecule has 6 heteroatoms. The zero-order valence-electron chi connectivity index (χ0n) is 15.2. The van der Waals surface area contributed by atoms with Crippen molar-refractivity contribution in [3.8, 4) is 0 Å². The standard InChI is InChI=1S/C20H24N4S2/c1-15-12-23-19(26-15)13-24-20(21-2)22-10-11-25-14-17-8-5-7-16-6-3-4-9-18(16)17/h3-9,12H,10-11,13-14H2,1-2H3,(H2,21,22,24). The van der Waals surface area contributed by atoms with Crippen LogP contribution in [-0.2, 0) is 12.3 Å². The third-order valence-electron chi connectivity index (χ3n) is 3.98. The zero-order valence-corrected chi connectivity index (χ0v) is 16.8. The lowest BCUT2D eigenvalue weighted by Gasteiger charge is -2.11. The van der Waals surface area contributed by atoms with Crippen molar-refractivity contribution in [2.75, 3.05) is 19.3 Å². The summed E-state index contributed by atoms with van der Waals surface area (Å²) in [6.07, 6.45) is 1.90. The Hall–Kier alpha value is -2.05. The van der Waals surface area contributed by atoms with E-state index in [2.05, 4.69) is 70.0 Å². The number of hydrogen-bond donors (Lipinski definition) is 2. The smallest absolute Gasteiger partial charge is 0.191 e. The molecule has 0 atom stereocenters. The molecule has 0 bridgehead atoms. The van der Waals surface area contributed by atoms with Crippen molar-refractivity contribution in [3.05, 3.63) is 64.1 Å². The Kier molecular flexibility index (Phi) is 6.91. The predicted octanol–water partition coefficient (Wildman–Crippen LogP) is 4.20. The summed E-state index contributed by atoms with van der Waals surface area (Å²) in [5, 5.41) is 10.4. The van der Waals surface area contributed by atoms with E-state index in [0.717, 1.165) is 29.0 Å². The van der Waals surface area contributed by atoms with Gasteiger partial charge in [-0.1, -0.05) is 42.5 Å². The third kappa shape index (κ3) is 5.22. The van der Waals surface area contributed by atoms with Gasteiger partial charge in [0.05, 0.1) is 6.54 Å². The van der Waals surface area contributed by atoms with Gasteiger partial charge in [0.25, 0.3) is 0 Å². The fourth-order valence-electron chi connectivity index (χ4n) is 2.71. The molecular formula is C20H24N4S2. The monoisotopic (exact) mass is 384 g/mol. The van der Waals surface area contributed by atoms with Crippen LogP contribution in [0.25, 0.3) is 10.8 Å². The van der Waals surface area contributed by atoms with E-state index in [4.69, 9.17) is 0 Å². The highest BCUT2D eigenvalue weighted by atomic mass is 32.2. The summed E-state index contributed by atoms with van der Waals surface area (Å²) in [4.78, 5) is 9.86. The van der Waals surface area contributed by atoms with E-state index in [1.165, 1.54) is 21.2 Å². The first-order valence-corrected chi connectivity index (χ1v) is 10.6. The fourth-order valence-corrected chi connectivity index (χ4v) is 4.29. The highest BCUT2D eigenvalue weighted by molar-refractivity contribution is 7.98. The molecule has 2 N–H and O–H groups in total. The number of nitrogens with one attached hydrogen (secondary N) is 2. The molecule has 0 saturated heterocycles. The minimum atomic E-state index is 0.710. The van der Waals surface area contributed by atoms with Crippen molar-refractivity contribution in [2.45, 2.75) is 19.2 Å². The van der Waals surface area contributed by atoms with Crippen molar-refractivity contribution in [3.63, 3.8) is 0 Å². The number of thioether (sulfide) groups is 1. The van der Waals surface area contributed by atoms with Crippen LogP contribution >= 0.6 is 23.1 Å². The van der Waals surface area contributed by atoms with Crippen LogP contribution in [0.3, 0.4) is 0 Å². The van der Waals surface area contributed by atoms with Crippen LogP contribution in [0.4, 0.5) is 0 Å². The van der Waals surface area contributed by atoms with Gasteiger partial charge in [-0.25, -0.2) is 4.98 Å². The number of guanidine groups is 1. The van der Waals surface area contributed by atoms with Gasteiger partial charge in [0.1, 0.15) is 5.01 Å². The molecule has 0 aliphatic rings. The second-order valence-electron chi connectivity index (χ2n) is 5.91. The average molecular weight is 385 g/mol. The van der Waals surface area contributed by atoms with Gasteiger partial charge < -0.3 is 10.6 Å². The number of aliphatic imine (C=N–C) groups is 1. The molecule has 0 aliphatic carbocycles. The molecule has 0 saturated carbocycles. The van der Waals surface area contributed by atoms with Crippen molar-refractivity contribution in [1.82, 2.24) is 15.6 Å². The average Bonchev–Trinajstić information content (AvgIpc) is 3.09. The molecule has 4 nitrogen and oxygen atoms in total. The summed E-state index contributed by atoms with van der Waals surface area (Å²) < 4.78 is 0. The number of rotatable bonds is 7. The summed E-state index contributed by atoms with van der Waals surface area (Å²) in [6, 6.07) is 15.1. The molecule has 3 rings (SSSR count). The van der Waals surface area contributed by atoms with Gasteiger partial charge in [-0.3, -0.25) is 4.99 Å². The SMILES string of the molecule is CN=C(NCCSCc1cccc2ccccc12)NCc1ncc(C)s1. The molecule has 26 heavy (non-hydrogen) atoms. The molecule has 1 aromatic heterocycles. The first kappa shape index (κ1) is 18.7. The minimum Gasteiger partial charge on any atom is -0.356 e. The molecular weight excluding hydrogens is 360 g/mol. The van der Waals surface area contributed by atoms with Crippen LogP contribution in [0, 0.1) is 6.92 Å². The van der Waals surface area contributed by atoms with Crippen LogP contribution in [0.1, 0.15) is 15.4 Å². The van der Waals surface area contributed by atoms with E-state index in [1.807, 2.05) is 18.0 Å². The first-order chi connectivity index (χ1) is 12.8. The minimum absolute atomic E-state index is 0.710. The quantitative estimate of drug-likeness (QED) is 0.364. The Balaban J connectivity index is 1.40. The van der Waals surface area contributed by atoms with Gasteiger partial charge in [-0.05, 0) is 23.3 Å². The zero-order chi connectivity index (χ0) is 18.2. The van der Waals surface area contributed by atoms with Gasteiger partial charge in [0, 0.05) is 36.2 Å². The lowest BCUT2D eigenvalue weighted by molar-refractivity contribution is 0.827. The second-order valence-corrected chi connectivity index (χ2v) is 8.33. The number of fused-ring (bicyclic) bond motifs is 1. The molecule has 1 heterocycles. The number of benzene rings is 2. The summed E-state index contributed by atoms with van der Waals surface area (Å²) in [6.45, 7) is 3.66. The van der Waals surface area contributed by atoms with Crippen LogP contribution in [-0.4, -0.2) is 30.3 Å². The van der Waals surface area contributed by atoms with Crippen molar-refractivity contribution < 1.29 is 0 Å². The summed E-state index contributed by atoms with van der Waals surface area (Å²) >= 11 is 3.65. The third-order valence-corrected chi connectivity index (χ3v) is 5.90. The maximum Gasteiger partial charge on any atom is 0.191 e. The number of aromatic nitrogens is 1. The van der Waals surface area contributed by atoms with E-state index in [-0.39, 0.29) is 0 Å².